The van der Waals surface area contributed by atoms with E-state index in [0.717, 1.165) is 10.6 Å². The molecule has 23 heavy (non-hydrogen) atoms. The van der Waals surface area contributed by atoms with E-state index in [1.165, 1.54) is 11.3 Å². The fraction of sp³-hybridized carbons (Fsp3) is 0.312. The summed E-state index contributed by atoms with van der Waals surface area (Å²) < 4.78 is 0. The Morgan fingerprint density at radius 1 is 1.39 bits per heavy atom. The van der Waals surface area contributed by atoms with Crippen molar-refractivity contribution in [3.05, 3.63) is 40.4 Å². The van der Waals surface area contributed by atoms with Gasteiger partial charge in [0.25, 0.3) is 0 Å². The summed E-state index contributed by atoms with van der Waals surface area (Å²) in [7, 11) is 0. The summed E-state index contributed by atoms with van der Waals surface area (Å²) in [5.41, 5.74) is 1.42. The molecule has 0 saturated carbocycles. The van der Waals surface area contributed by atoms with Crippen LogP contribution < -0.4 is 5.32 Å². The van der Waals surface area contributed by atoms with Crippen LogP contribution in [0.4, 0.5) is 0 Å². The summed E-state index contributed by atoms with van der Waals surface area (Å²) in [6.45, 7) is 1.87. The first-order valence-corrected chi connectivity index (χ1v) is 8.48. The summed E-state index contributed by atoms with van der Waals surface area (Å²) in [4.78, 5) is 27.4. The quantitative estimate of drug-likeness (QED) is 0.800. The first kappa shape index (κ1) is 17.4. The molecule has 1 atom stereocenters. The third-order valence-corrected chi connectivity index (χ3v) is 4.46. The Morgan fingerprint density at radius 2 is 2.13 bits per heavy atom. The first-order valence-electron chi connectivity index (χ1n) is 7.22. The summed E-state index contributed by atoms with van der Waals surface area (Å²) in [6.07, 6.45) is 1.14. The van der Waals surface area contributed by atoms with Crippen LogP contribution in [0.15, 0.2) is 29.6 Å². The molecule has 1 unspecified atom stereocenters. The van der Waals surface area contributed by atoms with Gasteiger partial charge in [-0.25, -0.2) is 9.78 Å². The molecular formula is C16H17ClN2O3S. The van der Waals surface area contributed by atoms with E-state index < -0.39 is 12.0 Å². The topological polar surface area (TPSA) is 79.3 Å². The lowest BCUT2D eigenvalue weighted by atomic mass is 10.1. The molecule has 1 aromatic carbocycles. The Morgan fingerprint density at radius 3 is 2.78 bits per heavy atom. The molecule has 0 aliphatic heterocycles. The van der Waals surface area contributed by atoms with Crippen molar-refractivity contribution >= 4 is 34.8 Å². The van der Waals surface area contributed by atoms with E-state index in [9.17, 15) is 9.59 Å². The molecule has 0 aliphatic rings. The molecule has 2 aromatic rings. The normalized spacial score (nSPS) is 11.9. The second-order valence-electron chi connectivity index (χ2n) is 5.05. The van der Waals surface area contributed by atoms with Crippen molar-refractivity contribution in [1.82, 2.24) is 10.3 Å². The summed E-state index contributed by atoms with van der Waals surface area (Å²) >= 11 is 7.54. The van der Waals surface area contributed by atoms with Gasteiger partial charge < -0.3 is 10.4 Å². The van der Waals surface area contributed by atoms with Crippen molar-refractivity contribution in [2.24, 2.45) is 0 Å². The number of aliphatic carboxylic acids is 1. The van der Waals surface area contributed by atoms with Gasteiger partial charge in [0, 0.05) is 10.9 Å². The maximum atomic E-state index is 12.0. The number of carboxylic acids is 1. The molecular weight excluding hydrogens is 336 g/mol. The molecule has 0 aliphatic carbocycles. The largest absolute Gasteiger partial charge is 0.480 e. The third kappa shape index (κ3) is 4.77. The van der Waals surface area contributed by atoms with Crippen molar-refractivity contribution in [2.45, 2.75) is 32.2 Å². The van der Waals surface area contributed by atoms with Gasteiger partial charge in [-0.15, -0.1) is 11.3 Å². The Hall–Kier alpha value is -1.92. The van der Waals surface area contributed by atoms with Crippen LogP contribution in [0.1, 0.15) is 25.5 Å². The SMILES string of the molecule is CCCC(NC(=O)Cc1csc(-c2ccccc2Cl)n1)C(=O)O. The number of thiazole rings is 1. The van der Waals surface area contributed by atoms with E-state index in [0.29, 0.717) is 23.6 Å². The van der Waals surface area contributed by atoms with E-state index in [1.807, 2.05) is 25.1 Å². The van der Waals surface area contributed by atoms with Crippen LogP contribution in [-0.2, 0) is 16.0 Å². The van der Waals surface area contributed by atoms with Crippen molar-refractivity contribution in [3.8, 4) is 10.6 Å². The molecule has 0 saturated heterocycles. The molecule has 1 aromatic heterocycles. The summed E-state index contributed by atoms with van der Waals surface area (Å²) in [5.74, 6) is -1.36. The van der Waals surface area contributed by atoms with Gasteiger partial charge in [-0.1, -0.05) is 43.1 Å². The maximum Gasteiger partial charge on any atom is 0.326 e. The lowest BCUT2D eigenvalue weighted by Crippen LogP contribution is -2.41. The van der Waals surface area contributed by atoms with Crippen LogP contribution in [-0.4, -0.2) is 28.0 Å². The van der Waals surface area contributed by atoms with Gasteiger partial charge in [-0.3, -0.25) is 4.79 Å². The van der Waals surface area contributed by atoms with Crippen molar-refractivity contribution in [2.75, 3.05) is 0 Å². The fourth-order valence-electron chi connectivity index (χ4n) is 2.10. The molecule has 7 heteroatoms. The van der Waals surface area contributed by atoms with Crippen LogP contribution in [0.2, 0.25) is 5.02 Å². The molecule has 0 radical (unpaired) electrons. The number of benzene rings is 1. The number of carbonyl (C=O) groups excluding carboxylic acids is 1. The first-order chi connectivity index (χ1) is 11.0. The fourth-order valence-corrected chi connectivity index (χ4v) is 3.24. The molecule has 0 bridgehead atoms. The highest BCUT2D eigenvalue weighted by molar-refractivity contribution is 7.13. The number of carboxylic acid groups (broad SMARTS) is 1. The molecule has 0 spiro atoms. The Labute approximate surface area is 143 Å². The zero-order valence-corrected chi connectivity index (χ0v) is 14.2. The van der Waals surface area contributed by atoms with Crippen LogP contribution in [0.5, 0.6) is 0 Å². The van der Waals surface area contributed by atoms with Gasteiger partial charge in [-0.05, 0) is 12.5 Å². The van der Waals surface area contributed by atoms with E-state index >= 15 is 0 Å². The number of halogens is 1. The number of rotatable bonds is 7. The van der Waals surface area contributed by atoms with Crippen LogP contribution in [0, 0.1) is 0 Å². The maximum absolute atomic E-state index is 12.0. The predicted octanol–water partition coefficient (Wildman–Crippen LogP) is 3.38. The third-order valence-electron chi connectivity index (χ3n) is 3.21. The number of hydrogen-bond acceptors (Lipinski definition) is 4. The lowest BCUT2D eigenvalue weighted by molar-refractivity contribution is -0.141. The number of carbonyl (C=O) groups is 2. The molecule has 5 nitrogen and oxygen atoms in total. The number of aromatic nitrogens is 1. The second-order valence-corrected chi connectivity index (χ2v) is 6.31. The summed E-state index contributed by atoms with van der Waals surface area (Å²) in [5, 5.41) is 14.7. The van der Waals surface area contributed by atoms with Gasteiger partial charge in [0.1, 0.15) is 11.0 Å². The minimum atomic E-state index is -1.02. The Kier molecular flexibility index (Phi) is 6.12. The van der Waals surface area contributed by atoms with Gasteiger partial charge in [0.2, 0.25) is 5.91 Å². The average Bonchev–Trinajstić information content (AvgIpc) is 2.95. The van der Waals surface area contributed by atoms with Crippen LogP contribution in [0.25, 0.3) is 10.6 Å². The Balaban J connectivity index is 2.03. The highest BCUT2D eigenvalue weighted by Crippen LogP contribution is 2.30. The minimum Gasteiger partial charge on any atom is -0.480 e. The van der Waals surface area contributed by atoms with Crippen LogP contribution >= 0.6 is 22.9 Å². The monoisotopic (exact) mass is 352 g/mol. The van der Waals surface area contributed by atoms with Crippen molar-refractivity contribution in [1.29, 1.82) is 0 Å². The van der Waals surface area contributed by atoms with E-state index in [4.69, 9.17) is 16.7 Å². The lowest BCUT2D eigenvalue weighted by Gasteiger charge is -2.12. The zero-order chi connectivity index (χ0) is 16.8. The molecule has 1 amide bonds. The summed E-state index contributed by atoms with van der Waals surface area (Å²) in [6, 6.07) is 6.51. The van der Waals surface area contributed by atoms with Gasteiger partial charge >= 0.3 is 5.97 Å². The Bertz CT molecular complexity index is 702. The predicted molar refractivity (Wildman–Crippen MR) is 90.7 cm³/mol. The minimum absolute atomic E-state index is 0.0500. The molecule has 1 heterocycles. The van der Waals surface area contributed by atoms with Gasteiger partial charge in [0.15, 0.2) is 0 Å². The standard InChI is InChI=1S/C16H17ClN2O3S/c1-2-5-13(16(21)22)19-14(20)8-10-9-23-15(18-10)11-6-3-4-7-12(11)17/h3-4,6-7,9,13H,2,5,8H2,1H3,(H,19,20)(H,21,22). The highest BCUT2D eigenvalue weighted by atomic mass is 35.5. The molecule has 0 fully saturated rings. The molecule has 122 valence electrons. The smallest absolute Gasteiger partial charge is 0.326 e. The zero-order valence-electron chi connectivity index (χ0n) is 12.6. The van der Waals surface area contributed by atoms with Crippen LogP contribution in [0.3, 0.4) is 0 Å². The van der Waals surface area contributed by atoms with Gasteiger partial charge in [0.05, 0.1) is 17.1 Å². The van der Waals surface area contributed by atoms with Crippen molar-refractivity contribution in [3.63, 3.8) is 0 Å². The number of hydrogen-bond donors (Lipinski definition) is 2. The average molecular weight is 353 g/mol. The molecule has 2 N–H and O–H groups in total. The number of amides is 1. The van der Waals surface area contributed by atoms with Gasteiger partial charge in [-0.2, -0.15) is 0 Å². The van der Waals surface area contributed by atoms with E-state index in [2.05, 4.69) is 10.3 Å². The van der Waals surface area contributed by atoms with Crippen molar-refractivity contribution < 1.29 is 14.7 Å². The van der Waals surface area contributed by atoms with E-state index in [-0.39, 0.29) is 12.3 Å². The highest BCUT2D eigenvalue weighted by Gasteiger charge is 2.19. The van der Waals surface area contributed by atoms with E-state index in [1.54, 1.807) is 11.4 Å². The molecule has 2 rings (SSSR count). The number of nitrogens with one attached hydrogen (secondary N) is 1. The number of nitrogens with zero attached hydrogens (tertiary/aromatic N) is 1. The second kappa shape index (κ2) is 8.08.